The smallest absolute Gasteiger partial charge is 0.133 e. The number of hydrogen-bond acceptors (Lipinski definition) is 3. The van der Waals surface area contributed by atoms with Gasteiger partial charge in [0.1, 0.15) is 5.82 Å². The van der Waals surface area contributed by atoms with Gasteiger partial charge in [0.05, 0.1) is 18.0 Å². The highest BCUT2D eigenvalue weighted by Gasteiger charge is 2.17. The van der Waals surface area contributed by atoms with E-state index < -0.39 is 0 Å². The Labute approximate surface area is 126 Å². The average Bonchev–Trinajstić information content (AvgIpc) is 2.52. The zero-order valence-corrected chi connectivity index (χ0v) is 12.8. The maximum Gasteiger partial charge on any atom is 0.133 e. The molecule has 0 amide bonds. The third-order valence-electron chi connectivity index (χ3n) is 4.49. The van der Waals surface area contributed by atoms with Crippen LogP contribution in [0.4, 0.5) is 5.82 Å². The van der Waals surface area contributed by atoms with E-state index in [4.69, 9.17) is 10.2 Å². The first-order valence-electron chi connectivity index (χ1n) is 7.72. The van der Waals surface area contributed by atoms with Crippen LogP contribution >= 0.6 is 0 Å². The van der Waals surface area contributed by atoms with Crippen LogP contribution in [-0.2, 0) is 6.42 Å². The van der Waals surface area contributed by atoms with Gasteiger partial charge in [-0.15, -0.1) is 0 Å². The Morgan fingerprint density at radius 2 is 1.95 bits per heavy atom. The topological polar surface area (TPSA) is 39.9 Å². The molecule has 0 bridgehead atoms. The molecule has 108 valence electrons. The third kappa shape index (κ3) is 2.58. The minimum Gasteiger partial charge on any atom is -0.356 e. The van der Waals surface area contributed by atoms with Gasteiger partial charge < -0.3 is 4.90 Å². The minimum absolute atomic E-state index is 0.432. The van der Waals surface area contributed by atoms with Gasteiger partial charge in [-0.1, -0.05) is 12.1 Å². The maximum atomic E-state index is 9.12. The van der Waals surface area contributed by atoms with E-state index in [2.05, 4.69) is 43.0 Å². The first-order valence-corrected chi connectivity index (χ1v) is 7.72. The number of hydrogen-bond donors (Lipinski definition) is 0. The summed E-state index contributed by atoms with van der Waals surface area (Å²) in [5, 5.41) is 10.3. The normalized spacial score (nSPS) is 15.2. The van der Waals surface area contributed by atoms with E-state index in [9.17, 15) is 0 Å². The molecule has 2 heterocycles. The largest absolute Gasteiger partial charge is 0.356 e. The Morgan fingerprint density at radius 3 is 2.67 bits per heavy atom. The van der Waals surface area contributed by atoms with Crippen molar-refractivity contribution in [3.63, 3.8) is 0 Å². The Morgan fingerprint density at radius 1 is 1.19 bits per heavy atom. The van der Waals surface area contributed by atoms with Gasteiger partial charge in [-0.2, -0.15) is 5.26 Å². The van der Waals surface area contributed by atoms with E-state index in [-0.39, 0.29) is 0 Å². The number of aryl methyl sites for hydroxylation is 2. The number of benzene rings is 1. The van der Waals surface area contributed by atoms with Crippen LogP contribution in [0.5, 0.6) is 0 Å². The number of nitriles is 1. The lowest BCUT2D eigenvalue weighted by Gasteiger charge is -2.29. The SMILES string of the molecule is Cc1ccc2cc(CC#N)c(N3CCCCC3)nc2c1C. The molecular formula is C18H21N3. The van der Waals surface area contributed by atoms with Crippen LogP contribution in [0.2, 0.25) is 0 Å². The second kappa shape index (κ2) is 5.73. The van der Waals surface area contributed by atoms with Crippen LogP contribution in [-0.4, -0.2) is 18.1 Å². The molecule has 3 heteroatoms. The van der Waals surface area contributed by atoms with Gasteiger partial charge in [0.25, 0.3) is 0 Å². The molecule has 0 unspecified atom stereocenters. The van der Waals surface area contributed by atoms with Crippen molar-refractivity contribution in [3.8, 4) is 6.07 Å². The Bertz CT molecular complexity index is 706. The molecule has 1 saturated heterocycles. The lowest BCUT2D eigenvalue weighted by atomic mass is 10.0. The summed E-state index contributed by atoms with van der Waals surface area (Å²) in [7, 11) is 0. The van der Waals surface area contributed by atoms with E-state index in [1.165, 1.54) is 30.4 Å². The van der Waals surface area contributed by atoms with E-state index in [0.29, 0.717) is 6.42 Å². The molecule has 1 fully saturated rings. The summed E-state index contributed by atoms with van der Waals surface area (Å²) in [6, 6.07) is 8.69. The molecule has 21 heavy (non-hydrogen) atoms. The number of rotatable bonds is 2. The maximum absolute atomic E-state index is 9.12. The van der Waals surface area contributed by atoms with Crippen molar-refractivity contribution < 1.29 is 0 Å². The number of piperidine rings is 1. The van der Waals surface area contributed by atoms with Gasteiger partial charge in [-0.3, -0.25) is 0 Å². The molecule has 0 aliphatic carbocycles. The molecule has 1 aliphatic rings. The molecule has 0 atom stereocenters. The molecule has 0 N–H and O–H groups in total. The summed E-state index contributed by atoms with van der Waals surface area (Å²) < 4.78 is 0. The number of nitrogens with zero attached hydrogens (tertiary/aromatic N) is 3. The predicted octanol–water partition coefficient (Wildman–Crippen LogP) is 3.91. The van der Waals surface area contributed by atoms with Crippen molar-refractivity contribution in [2.75, 3.05) is 18.0 Å². The van der Waals surface area contributed by atoms with Gasteiger partial charge in [0.2, 0.25) is 0 Å². The summed E-state index contributed by atoms with van der Waals surface area (Å²) in [6.45, 7) is 6.37. The number of pyridine rings is 1. The molecule has 1 aromatic heterocycles. The fraction of sp³-hybridized carbons (Fsp3) is 0.444. The van der Waals surface area contributed by atoms with E-state index >= 15 is 0 Å². The molecule has 0 saturated carbocycles. The molecule has 2 aromatic rings. The lowest BCUT2D eigenvalue weighted by molar-refractivity contribution is 0.572. The van der Waals surface area contributed by atoms with Crippen molar-refractivity contribution in [1.29, 1.82) is 5.26 Å². The van der Waals surface area contributed by atoms with Crippen LogP contribution in [0.25, 0.3) is 10.9 Å². The Hall–Kier alpha value is -2.08. The first kappa shape index (κ1) is 13.9. The monoisotopic (exact) mass is 279 g/mol. The molecular weight excluding hydrogens is 258 g/mol. The van der Waals surface area contributed by atoms with Crippen LogP contribution in [0.1, 0.15) is 36.0 Å². The Balaban J connectivity index is 2.17. The van der Waals surface area contributed by atoms with Crippen molar-refractivity contribution in [2.24, 2.45) is 0 Å². The van der Waals surface area contributed by atoms with E-state index in [0.717, 1.165) is 35.4 Å². The molecule has 1 aromatic carbocycles. The third-order valence-corrected chi connectivity index (χ3v) is 4.49. The van der Waals surface area contributed by atoms with Crippen molar-refractivity contribution in [3.05, 3.63) is 34.9 Å². The minimum atomic E-state index is 0.432. The average molecular weight is 279 g/mol. The van der Waals surface area contributed by atoms with Crippen molar-refractivity contribution >= 4 is 16.7 Å². The predicted molar refractivity (Wildman–Crippen MR) is 86.6 cm³/mol. The number of aromatic nitrogens is 1. The lowest BCUT2D eigenvalue weighted by Crippen LogP contribution is -2.31. The Kier molecular flexibility index (Phi) is 3.79. The summed E-state index contributed by atoms with van der Waals surface area (Å²) in [6.07, 6.45) is 4.18. The molecule has 1 aliphatic heterocycles. The fourth-order valence-corrected chi connectivity index (χ4v) is 3.11. The second-order valence-electron chi connectivity index (χ2n) is 5.93. The van der Waals surface area contributed by atoms with Gasteiger partial charge in [-0.05, 0) is 50.3 Å². The van der Waals surface area contributed by atoms with Gasteiger partial charge in [-0.25, -0.2) is 4.98 Å². The zero-order valence-electron chi connectivity index (χ0n) is 12.8. The van der Waals surface area contributed by atoms with Gasteiger partial charge in [0, 0.05) is 24.0 Å². The highest BCUT2D eigenvalue weighted by Crippen LogP contribution is 2.29. The number of anilines is 1. The van der Waals surface area contributed by atoms with Crippen molar-refractivity contribution in [2.45, 2.75) is 39.5 Å². The standard InChI is InChI=1S/C18H21N3/c1-13-6-7-15-12-16(8-9-19)18(20-17(15)14(13)2)21-10-4-3-5-11-21/h6-7,12H,3-5,8,10-11H2,1-2H3. The first-order chi connectivity index (χ1) is 10.2. The summed E-state index contributed by atoms with van der Waals surface area (Å²) in [5.41, 5.74) is 4.66. The van der Waals surface area contributed by atoms with Crippen molar-refractivity contribution in [1.82, 2.24) is 4.98 Å². The zero-order chi connectivity index (χ0) is 14.8. The highest BCUT2D eigenvalue weighted by molar-refractivity contribution is 5.85. The fourth-order valence-electron chi connectivity index (χ4n) is 3.11. The van der Waals surface area contributed by atoms with Gasteiger partial charge in [0.15, 0.2) is 0 Å². The van der Waals surface area contributed by atoms with E-state index in [1.807, 2.05) is 0 Å². The second-order valence-corrected chi connectivity index (χ2v) is 5.93. The summed E-state index contributed by atoms with van der Waals surface area (Å²) in [4.78, 5) is 7.31. The van der Waals surface area contributed by atoms with Crippen LogP contribution in [0, 0.1) is 25.2 Å². The molecule has 3 nitrogen and oxygen atoms in total. The molecule has 3 rings (SSSR count). The number of fused-ring (bicyclic) bond motifs is 1. The highest BCUT2D eigenvalue weighted by atomic mass is 15.2. The molecule has 0 spiro atoms. The van der Waals surface area contributed by atoms with E-state index in [1.54, 1.807) is 0 Å². The van der Waals surface area contributed by atoms with Gasteiger partial charge >= 0.3 is 0 Å². The summed E-state index contributed by atoms with van der Waals surface area (Å²) in [5.74, 6) is 1.03. The van der Waals surface area contributed by atoms with Crippen LogP contribution < -0.4 is 4.90 Å². The summed E-state index contributed by atoms with van der Waals surface area (Å²) >= 11 is 0. The van der Waals surface area contributed by atoms with Crippen LogP contribution in [0.3, 0.4) is 0 Å². The quantitative estimate of drug-likeness (QED) is 0.836. The molecule has 0 radical (unpaired) electrons. The van der Waals surface area contributed by atoms with Crippen LogP contribution in [0.15, 0.2) is 18.2 Å².